The number of ketones is 1. The van der Waals surface area contributed by atoms with Crippen molar-refractivity contribution in [3.05, 3.63) is 23.8 Å². The highest BCUT2D eigenvalue weighted by Crippen LogP contribution is 2.36. The van der Waals surface area contributed by atoms with Crippen LogP contribution in [-0.4, -0.2) is 76.7 Å². The predicted molar refractivity (Wildman–Crippen MR) is 137 cm³/mol. The minimum Gasteiger partial charge on any atom is -0.478 e. The molecule has 0 spiro atoms. The van der Waals surface area contributed by atoms with Crippen LogP contribution >= 0.6 is 0 Å². The number of nitrogens with zero attached hydrogens (tertiary/aromatic N) is 1. The van der Waals surface area contributed by atoms with Gasteiger partial charge in [-0.2, -0.15) is 0 Å². The van der Waals surface area contributed by atoms with Gasteiger partial charge >= 0.3 is 18.0 Å². The number of hydrogen-bond acceptors (Lipinski definition) is 10. The molecule has 0 aromatic heterocycles. The topological polar surface area (TPSA) is 184 Å². The number of rotatable bonds is 9. The Morgan fingerprint density at radius 3 is 2.13 bits per heavy atom. The number of para-hydroxylation sites is 1. The van der Waals surface area contributed by atoms with Crippen molar-refractivity contribution in [2.75, 3.05) is 19.7 Å². The van der Waals surface area contributed by atoms with Crippen LogP contribution in [-0.2, 0) is 23.9 Å². The van der Waals surface area contributed by atoms with Crippen molar-refractivity contribution in [1.29, 1.82) is 0 Å². The minimum absolute atomic E-state index is 0.0177. The first-order valence-corrected chi connectivity index (χ1v) is 12.4. The molecule has 0 bridgehead atoms. The van der Waals surface area contributed by atoms with Crippen LogP contribution in [0.3, 0.4) is 0 Å². The summed E-state index contributed by atoms with van der Waals surface area (Å²) in [7, 11) is 0. The Labute approximate surface area is 226 Å². The number of likely N-dealkylation sites (tertiary alicyclic amines) is 1. The first-order chi connectivity index (χ1) is 18.0. The molecule has 0 radical (unpaired) electrons. The number of piperidine rings is 1. The molecule has 216 valence electrons. The van der Waals surface area contributed by atoms with E-state index < -0.39 is 53.8 Å². The van der Waals surface area contributed by atoms with Crippen molar-refractivity contribution in [2.45, 2.75) is 71.7 Å². The second-order valence-corrected chi connectivity index (χ2v) is 11.0. The molecule has 4 N–H and O–H groups in total. The molecular formula is C26H37N3O10. The van der Waals surface area contributed by atoms with Crippen LogP contribution in [0.15, 0.2) is 18.2 Å². The quantitative estimate of drug-likeness (QED) is 0.102. The van der Waals surface area contributed by atoms with Gasteiger partial charge in [0.2, 0.25) is 0 Å². The van der Waals surface area contributed by atoms with Gasteiger partial charge in [-0.05, 0) is 66.5 Å². The zero-order valence-corrected chi connectivity index (χ0v) is 23.1. The molecule has 1 heterocycles. The van der Waals surface area contributed by atoms with Crippen LogP contribution in [0.1, 0.15) is 64.7 Å². The van der Waals surface area contributed by atoms with Gasteiger partial charge in [0.15, 0.2) is 23.9 Å². The fraction of sp³-hybridized carbons (Fsp3) is 0.577. The molecule has 13 nitrogen and oxygen atoms in total. The number of benzene rings is 1. The van der Waals surface area contributed by atoms with E-state index in [1.165, 1.54) is 23.1 Å². The maximum absolute atomic E-state index is 13.6. The van der Waals surface area contributed by atoms with E-state index in [4.69, 9.17) is 24.8 Å². The van der Waals surface area contributed by atoms with Gasteiger partial charge in [0.1, 0.15) is 11.2 Å². The van der Waals surface area contributed by atoms with Crippen LogP contribution < -0.4 is 20.7 Å². The third kappa shape index (κ3) is 9.43. The number of carbonyl (C=O) groups excluding carboxylic acids is 4. The molecule has 0 aliphatic carbocycles. The summed E-state index contributed by atoms with van der Waals surface area (Å²) in [6, 6.07) is 4.17. The molecule has 0 saturated carbocycles. The van der Waals surface area contributed by atoms with Gasteiger partial charge in [-0.1, -0.05) is 6.07 Å². The molecule has 13 heteroatoms. The third-order valence-corrected chi connectivity index (χ3v) is 5.37. The number of hydrazine groups is 1. The van der Waals surface area contributed by atoms with Crippen molar-refractivity contribution >= 4 is 29.7 Å². The van der Waals surface area contributed by atoms with Crippen molar-refractivity contribution in [3.63, 3.8) is 0 Å². The predicted octanol–water partition coefficient (Wildman–Crippen LogP) is 2.06. The standard InChI is InChI=1S/C26H37N3O10/c1-25(2,3)38-18(30)14-36-20-16(8-7-9-17(20)37-21(23(33)34)22(32)28-27)19(31)15-10-12-29(13-11-15)24(35)39-26(4,5)6/h7-9,15,21H,10-14,27H2,1-6H3,(H,28,32)(H,33,34). The van der Waals surface area contributed by atoms with Crippen LogP contribution in [0.25, 0.3) is 0 Å². The number of carbonyl (C=O) groups is 5. The fourth-order valence-electron chi connectivity index (χ4n) is 3.74. The molecular weight excluding hydrogens is 514 g/mol. The van der Waals surface area contributed by atoms with Gasteiger partial charge < -0.3 is 29.0 Å². The Kier molecular flexibility index (Phi) is 10.3. The summed E-state index contributed by atoms with van der Waals surface area (Å²) < 4.78 is 21.7. The number of Topliss-reactive ketones (excluding diaryl/α,β-unsaturated/α-hetero) is 1. The Balaban J connectivity index is 2.32. The van der Waals surface area contributed by atoms with Crippen molar-refractivity contribution in [3.8, 4) is 11.5 Å². The summed E-state index contributed by atoms with van der Waals surface area (Å²) in [4.78, 5) is 63.4. The Hall–Kier alpha value is -3.87. The second-order valence-electron chi connectivity index (χ2n) is 11.0. The van der Waals surface area contributed by atoms with Crippen molar-refractivity contribution in [2.24, 2.45) is 11.8 Å². The van der Waals surface area contributed by atoms with Gasteiger partial charge in [-0.25, -0.2) is 20.2 Å². The van der Waals surface area contributed by atoms with E-state index in [0.29, 0.717) is 12.8 Å². The molecule has 2 rings (SSSR count). The Bertz CT molecular complexity index is 1080. The van der Waals surface area contributed by atoms with Crippen molar-refractivity contribution < 1.29 is 48.0 Å². The van der Waals surface area contributed by atoms with Gasteiger partial charge in [-0.15, -0.1) is 0 Å². The largest absolute Gasteiger partial charge is 0.478 e. The molecule has 1 aliphatic heterocycles. The number of carboxylic acid groups (broad SMARTS) is 1. The summed E-state index contributed by atoms with van der Waals surface area (Å²) in [5, 5.41) is 9.43. The van der Waals surface area contributed by atoms with Crippen LogP contribution in [0, 0.1) is 5.92 Å². The number of hydrogen-bond donors (Lipinski definition) is 3. The lowest BCUT2D eigenvalue weighted by Crippen LogP contribution is -2.46. The summed E-state index contributed by atoms with van der Waals surface area (Å²) >= 11 is 0. The van der Waals surface area contributed by atoms with E-state index in [1.54, 1.807) is 47.0 Å². The summed E-state index contributed by atoms with van der Waals surface area (Å²) in [5.41, 5.74) is 0.273. The number of amides is 2. The lowest BCUT2D eigenvalue weighted by molar-refractivity contribution is -0.157. The zero-order valence-electron chi connectivity index (χ0n) is 23.1. The minimum atomic E-state index is -2.05. The van der Waals surface area contributed by atoms with Gasteiger partial charge in [-0.3, -0.25) is 15.0 Å². The maximum Gasteiger partial charge on any atom is 0.410 e. The van der Waals surface area contributed by atoms with Gasteiger partial charge in [0, 0.05) is 19.0 Å². The first kappa shape index (κ1) is 31.3. The number of nitrogens with two attached hydrogens (primary N) is 1. The molecule has 1 unspecified atom stereocenters. The van der Waals surface area contributed by atoms with E-state index in [2.05, 4.69) is 0 Å². The number of carboxylic acids is 1. The SMILES string of the molecule is CC(C)(C)OC(=O)COc1c(OC(C(=O)O)C(=O)NN)cccc1C(=O)C1CCN(C(=O)OC(C)(C)C)CC1. The van der Waals surface area contributed by atoms with E-state index >= 15 is 0 Å². The smallest absolute Gasteiger partial charge is 0.410 e. The van der Waals surface area contributed by atoms with Crippen LogP contribution in [0.4, 0.5) is 4.79 Å². The summed E-state index contributed by atoms with van der Waals surface area (Å²) in [6.45, 7) is 10.3. The summed E-state index contributed by atoms with van der Waals surface area (Å²) in [6.07, 6.45) is -1.85. The molecule has 1 aromatic rings. The van der Waals surface area contributed by atoms with E-state index in [-0.39, 0.29) is 35.9 Å². The number of esters is 1. The summed E-state index contributed by atoms with van der Waals surface area (Å²) in [5.74, 6) is 0.200. The van der Waals surface area contributed by atoms with E-state index in [0.717, 1.165) is 0 Å². The molecule has 1 aromatic carbocycles. The fourth-order valence-corrected chi connectivity index (χ4v) is 3.74. The average Bonchev–Trinajstić information content (AvgIpc) is 2.83. The average molecular weight is 552 g/mol. The first-order valence-electron chi connectivity index (χ1n) is 12.4. The number of nitrogens with one attached hydrogen (secondary N) is 1. The van der Waals surface area contributed by atoms with Crippen molar-refractivity contribution in [1.82, 2.24) is 10.3 Å². The van der Waals surface area contributed by atoms with Crippen LogP contribution in [0.5, 0.6) is 11.5 Å². The Morgan fingerprint density at radius 1 is 1.03 bits per heavy atom. The van der Waals surface area contributed by atoms with E-state index in [1.807, 2.05) is 0 Å². The van der Waals surface area contributed by atoms with Crippen LogP contribution in [0.2, 0.25) is 0 Å². The molecule has 1 atom stereocenters. The second kappa shape index (κ2) is 12.8. The highest BCUT2D eigenvalue weighted by molar-refractivity contribution is 6.02. The molecule has 1 aliphatic rings. The maximum atomic E-state index is 13.6. The molecule has 1 fully saturated rings. The van der Waals surface area contributed by atoms with Gasteiger partial charge in [0.05, 0.1) is 5.56 Å². The normalized spacial score (nSPS) is 15.1. The van der Waals surface area contributed by atoms with E-state index in [9.17, 15) is 29.1 Å². The highest BCUT2D eigenvalue weighted by atomic mass is 16.6. The zero-order chi connectivity index (χ0) is 29.5. The lowest BCUT2D eigenvalue weighted by atomic mass is 9.88. The lowest BCUT2D eigenvalue weighted by Gasteiger charge is -2.33. The highest BCUT2D eigenvalue weighted by Gasteiger charge is 2.34. The Morgan fingerprint density at radius 2 is 1.62 bits per heavy atom. The monoisotopic (exact) mass is 551 g/mol. The number of aliphatic carboxylic acids is 1. The van der Waals surface area contributed by atoms with Gasteiger partial charge in [0.25, 0.3) is 12.0 Å². The molecule has 1 saturated heterocycles. The molecule has 2 amide bonds. The third-order valence-electron chi connectivity index (χ3n) is 5.37. The molecule has 39 heavy (non-hydrogen) atoms. The number of ether oxygens (including phenoxy) is 4.